The van der Waals surface area contributed by atoms with Crippen LogP contribution in [0.1, 0.15) is 17.5 Å². The third kappa shape index (κ3) is 6.68. The van der Waals surface area contributed by atoms with E-state index in [4.69, 9.17) is 9.47 Å². The molecule has 1 heterocycles. The van der Waals surface area contributed by atoms with E-state index in [1.807, 2.05) is 13.1 Å². The van der Waals surface area contributed by atoms with Crippen LogP contribution in [0.4, 0.5) is 5.69 Å². The van der Waals surface area contributed by atoms with Crippen LogP contribution in [0.2, 0.25) is 0 Å². The van der Waals surface area contributed by atoms with Crippen LogP contribution in [0.5, 0.6) is 11.5 Å². The molecule has 0 saturated carbocycles. The average Bonchev–Trinajstić information content (AvgIpc) is 3.22. The van der Waals surface area contributed by atoms with E-state index >= 15 is 0 Å². The highest BCUT2D eigenvalue weighted by Gasteiger charge is 2.24. The van der Waals surface area contributed by atoms with Gasteiger partial charge in [-0.1, -0.05) is 29.8 Å². The third-order valence-electron chi connectivity index (χ3n) is 5.28. The van der Waals surface area contributed by atoms with Crippen LogP contribution in [0.25, 0.3) is 0 Å². The fourth-order valence-corrected chi connectivity index (χ4v) is 3.56. The summed E-state index contributed by atoms with van der Waals surface area (Å²) >= 11 is 0. The first-order valence-electron chi connectivity index (χ1n) is 10.1. The summed E-state index contributed by atoms with van der Waals surface area (Å²) in [6.45, 7) is 4.86. The van der Waals surface area contributed by atoms with Gasteiger partial charge in [-0.2, -0.15) is 0 Å². The normalized spacial score (nSPS) is 16.1. The molecule has 1 atom stereocenters. The zero-order chi connectivity index (χ0) is 20.6. The lowest BCUT2D eigenvalue weighted by molar-refractivity contribution is 0.394. The molecular weight excluding hydrogens is 491 g/mol. The van der Waals surface area contributed by atoms with E-state index in [1.54, 1.807) is 14.2 Å². The Bertz CT molecular complexity index is 804. The van der Waals surface area contributed by atoms with Crippen molar-refractivity contribution in [2.45, 2.75) is 25.8 Å². The first-order chi connectivity index (χ1) is 14.1. The second kappa shape index (κ2) is 11.9. The van der Waals surface area contributed by atoms with Gasteiger partial charge in [0.15, 0.2) is 5.96 Å². The summed E-state index contributed by atoms with van der Waals surface area (Å²) < 4.78 is 10.8. The molecule has 1 fully saturated rings. The zero-order valence-electron chi connectivity index (χ0n) is 18.3. The monoisotopic (exact) mass is 524 g/mol. The second-order valence-electron chi connectivity index (χ2n) is 7.38. The molecule has 2 N–H and O–H groups in total. The number of rotatable bonds is 7. The third-order valence-corrected chi connectivity index (χ3v) is 5.28. The van der Waals surface area contributed by atoms with Gasteiger partial charge >= 0.3 is 0 Å². The maximum absolute atomic E-state index is 5.40. The van der Waals surface area contributed by atoms with Crippen molar-refractivity contribution in [2.24, 2.45) is 4.99 Å². The van der Waals surface area contributed by atoms with E-state index in [9.17, 15) is 0 Å². The van der Waals surface area contributed by atoms with Gasteiger partial charge in [-0.15, -0.1) is 24.0 Å². The molecule has 164 valence electrons. The number of aliphatic imine (C=N–C) groups is 1. The van der Waals surface area contributed by atoms with Crippen LogP contribution in [-0.4, -0.2) is 52.9 Å². The van der Waals surface area contributed by atoms with Gasteiger partial charge in [-0.3, -0.25) is 4.99 Å². The number of hydrogen-bond acceptors (Lipinski definition) is 4. The molecule has 0 aliphatic carbocycles. The molecule has 1 aliphatic rings. The minimum Gasteiger partial charge on any atom is -0.497 e. The molecule has 0 bridgehead atoms. The van der Waals surface area contributed by atoms with E-state index in [0.717, 1.165) is 55.6 Å². The molecule has 2 aromatic carbocycles. The summed E-state index contributed by atoms with van der Waals surface area (Å²) in [6.07, 6.45) is 2.03. The van der Waals surface area contributed by atoms with Crippen molar-refractivity contribution < 1.29 is 9.47 Å². The van der Waals surface area contributed by atoms with Gasteiger partial charge in [0.25, 0.3) is 0 Å². The van der Waals surface area contributed by atoms with Crippen LogP contribution < -0.4 is 25.0 Å². The molecular formula is C23H33IN4O2. The number of nitrogens with one attached hydrogen (secondary N) is 2. The van der Waals surface area contributed by atoms with Gasteiger partial charge in [0, 0.05) is 56.6 Å². The van der Waals surface area contributed by atoms with Gasteiger partial charge in [-0.25, -0.2) is 0 Å². The van der Waals surface area contributed by atoms with Crippen molar-refractivity contribution in [2.75, 3.05) is 45.8 Å². The fraction of sp³-hybridized carbons (Fsp3) is 0.435. The summed E-state index contributed by atoms with van der Waals surface area (Å²) in [5.41, 5.74) is 3.74. The topological polar surface area (TPSA) is 58.1 Å². The number of methoxy groups -OCH3 is 2. The van der Waals surface area contributed by atoms with E-state index in [0.29, 0.717) is 6.04 Å². The highest BCUT2D eigenvalue weighted by molar-refractivity contribution is 14.0. The fourth-order valence-electron chi connectivity index (χ4n) is 3.56. The Labute approximate surface area is 197 Å². The van der Waals surface area contributed by atoms with E-state index < -0.39 is 0 Å². The molecule has 3 rings (SSSR count). The second-order valence-corrected chi connectivity index (χ2v) is 7.38. The van der Waals surface area contributed by atoms with E-state index in [1.165, 1.54) is 11.1 Å². The van der Waals surface area contributed by atoms with Crippen molar-refractivity contribution in [3.8, 4) is 11.5 Å². The summed E-state index contributed by atoms with van der Waals surface area (Å²) in [5, 5.41) is 6.98. The number of guanidine groups is 1. The van der Waals surface area contributed by atoms with Gasteiger partial charge < -0.3 is 25.0 Å². The quantitative estimate of drug-likeness (QED) is 0.329. The number of hydrogen-bond donors (Lipinski definition) is 2. The lowest BCUT2D eigenvalue weighted by atomic mass is 10.1. The molecule has 1 unspecified atom stereocenters. The van der Waals surface area contributed by atoms with Crippen molar-refractivity contribution >= 4 is 35.6 Å². The highest BCUT2D eigenvalue weighted by Crippen LogP contribution is 2.30. The number of ether oxygens (including phenoxy) is 2. The molecule has 1 saturated heterocycles. The van der Waals surface area contributed by atoms with Crippen molar-refractivity contribution in [3.05, 3.63) is 53.6 Å². The maximum atomic E-state index is 5.40. The Balaban J connectivity index is 0.00000320. The largest absolute Gasteiger partial charge is 0.497 e. The predicted molar refractivity (Wildman–Crippen MR) is 135 cm³/mol. The molecule has 0 amide bonds. The first kappa shape index (κ1) is 24.1. The SMILES string of the molecule is CN=C(NCCc1ccc(C)cc1)NC1CCN(c2cc(OC)cc(OC)c2)C1.I. The molecule has 6 nitrogen and oxygen atoms in total. The Hall–Kier alpha value is -2.16. The van der Waals surface area contributed by atoms with Crippen LogP contribution in [-0.2, 0) is 6.42 Å². The van der Waals surface area contributed by atoms with Crippen LogP contribution >= 0.6 is 24.0 Å². The summed E-state index contributed by atoms with van der Waals surface area (Å²) in [5.74, 6) is 2.47. The van der Waals surface area contributed by atoms with Crippen molar-refractivity contribution in [3.63, 3.8) is 0 Å². The molecule has 7 heteroatoms. The lowest BCUT2D eigenvalue weighted by Gasteiger charge is -2.21. The van der Waals surface area contributed by atoms with Crippen LogP contribution in [0.15, 0.2) is 47.5 Å². The molecule has 30 heavy (non-hydrogen) atoms. The Morgan fingerprint density at radius 1 is 1.10 bits per heavy atom. The zero-order valence-corrected chi connectivity index (χ0v) is 20.6. The minimum atomic E-state index is 0. The maximum Gasteiger partial charge on any atom is 0.191 e. The standard InChI is InChI=1S/C23H32N4O2.HI/c1-17-5-7-18(8-6-17)9-11-25-23(24-2)26-19-10-12-27(16-19)20-13-21(28-3)15-22(14-20)29-4;/h5-8,13-15,19H,9-12,16H2,1-4H3,(H2,24,25,26);1H. The number of aryl methyl sites for hydroxylation is 1. The number of anilines is 1. The van der Waals surface area contributed by atoms with Gasteiger partial charge in [-0.05, 0) is 25.3 Å². The van der Waals surface area contributed by atoms with Crippen LogP contribution in [0.3, 0.4) is 0 Å². The van der Waals surface area contributed by atoms with Crippen LogP contribution in [0, 0.1) is 6.92 Å². The Kier molecular flexibility index (Phi) is 9.55. The molecule has 0 aromatic heterocycles. The molecule has 2 aromatic rings. The predicted octanol–water partition coefficient (Wildman–Crippen LogP) is 3.62. The molecule has 0 radical (unpaired) electrons. The summed E-state index contributed by atoms with van der Waals surface area (Å²) in [6, 6.07) is 15.0. The van der Waals surface area contributed by atoms with Gasteiger partial charge in [0.2, 0.25) is 0 Å². The number of halogens is 1. The number of benzene rings is 2. The molecule has 0 spiro atoms. The Morgan fingerprint density at radius 2 is 1.77 bits per heavy atom. The smallest absolute Gasteiger partial charge is 0.191 e. The summed E-state index contributed by atoms with van der Waals surface area (Å²) in [7, 11) is 5.18. The van der Waals surface area contributed by atoms with Crippen molar-refractivity contribution in [1.29, 1.82) is 0 Å². The highest BCUT2D eigenvalue weighted by atomic mass is 127. The minimum absolute atomic E-state index is 0. The average molecular weight is 524 g/mol. The van der Waals surface area contributed by atoms with Crippen molar-refractivity contribution in [1.82, 2.24) is 10.6 Å². The van der Waals surface area contributed by atoms with E-state index in [-0.39, 0.29) is 24.0 Å². The molecule has 1 aliphatic heterocycles. The van der Waals surface area contributed by atoms with Gasteiger partial charge in [0.05, 0.1) is 14.2 Å². The summed E-state index contributed by atoms with van der Waals surface area (Å²) in [4.78, 5) is 6.73. The van der Waals surface area contributed by atoms with Gasteiger partial charge in [0.1, 0.15) is 11.5 Å². The Morgan fingerprint density at radius 3 is 2.37 bits per heavy atom. The first-order valence-corrected chi connectivity index (χ1v) is 10.1. The lowest BCUT2D eigenvalue weighted by Crippen LogP contribution is -2.45. The van der Waals surface area contributed by atoms with E-state index in [2.05, 4.69) is 63.8 Å². The number of nitrogens with zero attached hydrogens (tertiary/aromatic N) is 2.